The van der Waals surface area contributed by atoms with Gasteiger partial charge in [0.2, 0.25) is 29.1 Å². The molecule has 4 aromatic carbocycles. The molecule has 0 saturated carbocycles. The third-order valence-corrected chi connectivity index (χ3v) is 15.7. The van der Waals surface area contributed by atoms with Gasteiger partial charge in [-0.2, -0.15) is 8.42 Å². The van der Waals surface area contributed by atoms with Gasteiger partial charge in [-0.25, -0.2) is 0 Å². The summed E-state index contributed by atoms with van der Waals surface area (Å²) in [4.78, 5) is 77.1. The minimum absolute atomic E-state index is 0. The molecule has 3 amide bonds. The number of piperidine rings is 1. The maximum Gasteiger partial charge on any atom is 0.280 e. The molecule has 4 saturated heterocycles. The Morgan fingerprint density at radius 1 is 0.805 bits per heavy atom. The number of amides is 3. The van der Waals surface area contributed by atoms with E-state index in [9.17, 15) is 47.7 Å². The molecule has 82 heavy (non-hydrogen) atoms. The first-order chi connectivity index (χ1) is 38.2. The van der Waals surface area contributed by atoms with Crippen molar-refractivity contribution in [1.29, 1.82) is 0 Å². The third kappa shape index (κ3) is 12.6. The molecule has 4 fully saturated rings. The molecule has 0 unspecified atom stereocenters. The molecular formula is C56H71Cl2N9O14S. The first-order valence-corrected chi connectivity index (χ1v) is 28.6. The number of aromatic nitrogens is 1. The number of aromatic hydroxyl groups is 2. The lowest BCUT2D eigenvalue weighted by molar-refractivity contribution is -0.315. The summed E-state index contributed by atoms with van der Waals surface area (Å²) >= 11 is 0. The topological polar surface area (TPSA) is 336 Å². The highest BCUT2D eigenvalue weighted by Crippen LogP contribution is 2.48. The molecule has 4 aliphatic heterocycles. The van der Waals surface area contributed by atoms with E-state index in [4.69, 9.17) is 19.5 Å². The van der Waals surface area contributed by atoms with Crippen molar-refractivity contribution in [3.8, 4) is 11.5 Å². The van der Waals surface area contributed by atoms with Gasteiger partial charge in [-0.05, 0) is 86.7 Å². The number of carbonyl (C=O) groups excluding carboxylic acids is 5. The van der Waals surface area contributed by atoms with Crippen LogP contribution in [-0.2, 0) is 42.1 Å². The number of aliphatic hydroxyl groups excluding tert-OH is 2. The van der Waals surface area contributed by atoms with Crippen LogP contribution in [0.2, 0.25) is 0 Å². The van der Waals surface area contributed by atoms with Crippen molar-refractivity contribution in [1.82, 2.24) is 35.6 Å². The zero-order valence-electron chi connectivity index (χ0n) is 45.5. The quantitative estimate of drug-likeness (QED) is 0.0376. The summed E-state index contributed by atoms with van der Waals surface area (Å²) in [6.07, 6.45) is 5.84. The molecule has 12 N–H and O–H groups in total. The number of halogens is 2. The molecule has 6 aliphatic rings. The van der Waals surface area contributed by atoms with E-state index in [-0.39, 0.29) is 108 Å². The smallest absolute Gasteiger partial charge is 0.280 e. The van der Waals surface area contributed by atoms with Crippen LogP contribution in [0.25, 0.3) is 10.9 Å². The number of fused-ring (bicyclic) bond motifs is 7. The van der Waals surface area contributed by atoms with Crippen LogP contribution in [0.1, 0.15) is 80.6 Å². The minimum Gasteiger partial charge on any atom is -0.507 e. The summed E-state index contributed by atoms with van der Waals surface area (Å²) in [6.45, 7) is 5.36. The largest absolute Gasteiger partial charge is 0.507 e. The molecule has 0 spiro atoms. The Bertz CT molecular complexity index is 3220. The number of nitrogens with one attached hydrogen (secondary N) is 6. The van der Waals surface area contributed by atoms with Gasteiger partial charge in [0.1, 0.15) is 23.6 Å². The van der Waals surface area contributed by atoms with Gasteiger partial charge in [0.05, 0.1) is 47.6 Å². The normalized spacial score (nSPS) is 24.0. The van der Waals surface area contributed by atoms with Gasteiger partial charge in [0.15, 0.2) is 0 Å². The van der Waals surface area contributed by atoms with Crippen LogP contribution in [-0.4, -0.2) is 196 Å². The SMILES string of the molecule is CN1C[C@H](C(=O)N[C@]2(C)O[C@@]3(O)[C@@H]4CCCN4C(=O)[C@H](Cc4ccccc4)N3C2=O)C[C@@H]2c3cccc4[nH]cc(c34)C[C@H]21.CS(=O)(=O)O.Cl.Cl.O=C1c2c(O)ccc(O)c2C(=O)c2c(NCCNCCO)ccc(NCCNCCO)c21. The van der Waals surface area contributed by atoms with Crippen LogP contribution < -0.4 is 26.6 Å². The Morgan fingerprint density at radius 2 is 1.39 bits per heavy atom. The lowest BCUT2D eigenvalue weighted by atomic mass is 9.72. The van der Waals surface area contributed by atoms with E-state index in [1.807, 2.05) is 30.3 Å². The number of likely N-dealkylation sites (tertiary alicyclic amines) is 1. The minimum atomic E-state index is -3.67. The lowest BCUT2D eigenvalue weighted by Gasteiger charge is -2.48. The van der Waals surface area contributed by atoms with Gasteiger partial charge < -0.3 is 66.9 Å². The first kappa shape index (κ1) is 63.2. The number of nitrogens with zero attached hydrogens (tertiary/aromatic N) is 3. The van der Waals surface area contributed by atoms with Crippen molar-refractivity contribution < 1.29 is 67.2 Å². The summed E-state index contributed by atoms with van der Waals surface area (Å²) in [6, 6.07) is 20.2. The number of carbonyl (C=O) groups is 5. The predicted molar refractivity (Wildman–Crippen MR) is 309 cm³/mol. The molecule has 5 aromatic rings. The Labute approximate surface area is 486 Å². The van der Waals surface area contributed by atoms with Gasteiger partial charge in [-0.3, -0.25) is 38.2 Å². The van der Waals surface area contributed by atoms with Crippen LogP contribution in [0.15, 0.2) is 79.0 Å². The van der Waals surface area contributed by atoms with E-state index in [0.29, 0.717) is 89.3 Å². The second kappa shape index (κ2) is 26.0. The number of hydrogen-bond acceptors (Lipinski definition) is 18. The number of phenols is 2. The van der Waals surface area contributed by atoms with E-state index in [2.05, 4.69) is 67.9 Å². The lowest BCUT2D eigenvalue weighted by Crippen LogP contribution is -2.71. The number of ketones is 2. The number of aromatic amines is 1. The van der Waals surface area contributed by atoms with E-state index in [1.54, 1.807) is 17.0 Å². The summed E-state index contributed by atoms with van der Waals surface area (Å²) in [5, 5.41) is 66.8. The number of piperazine rings is 1. The highest BCUT2D eigenvalue weighted by atomic mass is 35.5. The second-order valence-electron chi connectivity index (χ2n) is 21.1. The van der Waals surface area contributed by atoms with Crippen molar-refractivity contribution in [3.63, 3.8) is 0 Å². The summed E-state index contributed by atoms with van der Waals surface area (Å²) < 4.78 is 32.1. The van der Waals surface area contributed by atoms with Gasteiger partial charge in [0.25, 0.3) is 21.9 Å². The van der Waals surface area contributed by atoms with Crippen LogP contribution in [0.4, 0.5) is 11.4 Å². The summed E-state index contributed by atoms with van der Waals surface area (Å²) in [5.41, 5.74) is 3.42. The average molecular weight is 1200 g/mol. The molecule has 1 aromatic heterocycles. The molecule has 5 heterocycles. The van der Waals surface area contributed by atoms with Gasteiger partial charge in [-0.1, -0.05) is 42.5 Å². The number of aliphatic hydroxyl groups is 3. The molecule has 0 radical (unpaired) electrons. The number of H-pyrrole nitrogens is 1. The molecular weight excluding hydrogens is 1130 g/mol. The summed E-state index contributed by atoms with van der Waals surface area (Å²) in [7, 11) is -1.61. The fraction of sp³-hybridized carbons (Fsp3) is 0.446. The number of ether oxygens (including phenoxy) is 1. The Morgan fingerprint density at radius 3 is 1.96 bits per heavy atom. The number of rotatable bonds is 16. The molecule has 7 atom stereocenters. The Balaban J connectivity index is 0.000000222. The molecule has 0 bridgehead atoms. The Hall–Kier alpha value is -6.42. The van der Waals surface area contributed by atoms with Crippen molar-refractivity contribution in [2.45, 2.75) is 74.7 Å². The highest BCUT2D eigenvalue weighted by Gasteiger charge is 2.70. The monoisotopic (exact) mass is 1200 g/mol. The third-order valence-electron chi connectivity index (χ3n) is 15.7. The van der Waals surface area contributed by atoms with E-state index >= 15 is 0 Å². The van der Waals surface area contributed by atoms with Crippen LogP contribution in [0.5, 0.6) is 11.5 Å². The van der Waals surface area contributed by atoms with Crippen LogP contribution in [0, 0.1) is 5.92 Å². The zero-order valence-corrected chi connectivity index (χ0v) is 48.0. The maximum absolute atomic E-state index is 14.2. The van der Waals surface area contributed by atoms with E-state index < -0.39 is 51.3 Å². The number of benzene rings is 4. The standard InChI is InChI=1S/C33H37N5O5.C22H28N4O6.CH4O3S.2ClH/c1-32(35-29(39)21-15-23-22-10-6-11-24-28(22)20(17-34-24)16-25(23)36(2)18-21)31(41)38-26(14-19-8-4-3-5-9-19)30(40)37-13-7-12-27(37)33(38,42)43-32;27-11-9-23-5-7-25-13-1-2-14(26-8-6-24-10-12-28)18-17(13)21(31)19-15(29)3-4-16(30)20(19)22(18)32;1-5(2,3)4;;/h3-6,8-11,17,21,23,25-27,34,42H,7,12-16,18H2,1-2H3,(H,35,39);1-4,23-30H,5-12H2;1H3,(H,2,3,4);2*1H/t21-,23-,25-,26+,27+,32-,33+;;;;/m1..../s1. The van der Waals surface area contributed by atoms with Gasteiger partial charge in [-0.15, -0.1) is 24.8 Å². The maximum atomic E-state index is 14.2. The number of anilines is 2. The number of phenolic OH excluding ortho intramolecular Hbond substituents is 2. The number of hydrogen-bond donors (Lipinski definition) is 12. The molecule has 2 aliphatic carbocycles. The molecule has 26 heteroatoms. The molecule has 23 nitrogen and oxygen atoms in total. The molecule has 444 valence electrons. The second-order valence-corrected chi connectivity index (χ2v) is 22.6. The van der Waals surface area contributed by atoms with Crippen LogP contribution >= 0.6 is 24.8 Å². The predicted octanol–water partition coefficient (Wildman–Crippen LogP) is 2.29. The number of likely N-dealkylation sites (N-methyl/N-ethyl adjacent to an activating group) is 1. The fourth-order valence-corrected chi connectivity index (χ4v) is 12.3. The van der Waals surface area contributed by atoms with Crippen molar-refractivity contribution >= 4 is 86.5 Å². The average Bonchev–Trinajstić information content (AvgIpc) is 1.70. The highest BCUT2D eigenvalue weighted by molar-refractivity contribution is 7.85. The Kier molecular flexibility index (Phi) is 20.0. The van der Waals surface area contributed by atoms with Crippen LogP contribution in [0.3, 0.4) is 0 Å². The van der Waals surface area contributed by atoms with E-state index in [0.717, 1.165) is 17.5 Å². The molecule has 11 rings (SSSR count). The summed E-state index contributed by atoms with van der Waals surface area (Å²) in [5.74, 6) is -5.17. The van der Waals surface area contributed by atoms with Crippen molar-refractivity contribution in [3.05, 3.63) is 118 Å². The fourth-order valence-electron chi connectivity index (χ4n) is 12.3. The first-order valence-electron chi connectivity index (χ1n) is 26.8. The van der Waals surface area contributed by atoms with Crippen molar-refractivity contribution in [2.24, 2.45) is 5.92 Å². The van der Waals surface area contributed by atoms with Gasteiger partial charge >= 0.3 is 0 Å². The zero-order chi connectivity index (χ0) is 57.3. The van der Waals surface area contributed by atoms with E-state index in [1.165, 1.54) is 40.5 Å². The van der Waals surface area contributed by atoms with Gasteiger partial charge in [0, 0.05) is 99.2 Å². The van der Waals surface area contributed by atoms with Crippen molar-refractivity contribution in [2.75, 3.05) is 89.5 Å².